The number of carbonyl (C=O) groups is 1. The van der Waals surface area contributed by atoms with E-state index >= 15 is 0 Å². The Morgan fingerprint density at radius 1 is 1.08 bits per heavy atom. The van der Waals surface area contributed by atoms with Crippen LogP contribution in [0.3, 0.4) is 0 Å². The number of aryl methyl sites for hydroxylation is 2. The molecule has 1 amide bonds. The second kappa shape index (κ2) is 7.98. The van der Waals surface area contributed by atoms with Gasteiger partial charge in [-0.15, -0.1) is 0 Å². The summed E-state index contributed by atoms with van der Waals surface area (Å²) in [7, 11) is 4.10. The number of aromatic nitrogens is 1. The van der Waals surface area contributed by atoms with Crippen molar-refractivity contribution in [3.63, 3.8) is 0 Å². The molecule has 0 atom stereocenters. The number of fused-ring (bicyclic) bond motifs is 1. The minimum Gasteiger partial charge on any atom is -0.309 e. The molecule has 2 aromatic carbocycles. The monoisotopic (exact) mass is 367 g/mol. The molecule has 136 valence electrons. The molecule has 4 nitrogen and oxygen atoms in total. The number of carbonyl (C=O) groups excluding carboxylic acids is 1. The topological polar surface area (TPSA) is 36.4 Å². The van der Waals surface area contributed by atoms with Crippen LogP contribution in [0, 0.1) is 13.8 Å². The summed E-state index contributed by atoms with van der Waals surface area (Å²) in [5.41, 5.74) is 3.80. The van der Waals surface area contributed by atoms with Crippen LogP contribution in [-0.4, -0.2) is 43.0 Å². The number of hydrogen-bond donors (Lipinski definition) is 0. The molecule has 0 spiro atoms. The predicted molar refractivity (Wildman–Crippen MR) is 110 cm³/mol. The summed E-state index contributed by atoms with van der Waals surface area (Å²) in [5.74, 6) is 0.0315. The van der Waals surface area contributed by atoms with E-state index in [-0.39, 0.29) is 5.91 Å². The van der Waals surface area contributed by atoms with Crippen molar-refractivity contribution in [2.75, 3.05) is 32.1 Å². The quantitative estimate of drug-likeness (QED) is 0.643. The van der Waals surface area contributed by atoms with E-state index in [1.165, 1.54) is 0 Å². The molecule has 0 saturated heterocycles. The van der Waals surface area contributed by atoms with Gasteiger partial charge in [0.1, 0.15) is 0 Å². The van der Waals surface area contributed by atoms with Gasteiger partial charge < -0.3 is 4.90 Å². The fraction of sp³-hybridized carbons (Fsp3) is 0.333. The first-order chi connectivity index (χ1) is 12.5. The molecule has 1 heterocycles. The third kappa shape index (κ3) is 4.11. The van der Waals surface area contributed by atoms with Crippen LogP contribution in [0.2, 0.25) is 0 Å². The molecular formula is C21H25N3OS. The molecule has 0 aliphatic carbocycles. The summed E-state index contributed by atoms with van der Waals surface area (Å²) in [6.45, 7) is 5.60. The van der Waals surface area contributed by atoms with Crippen molar-refractivity contribution in [2.24, 2.45) is 0 Å². The Bertz CT molecular complexity index is 884. The molecule has 0 saturated carbocycles. The summed E-state index contributed by atoms with van der Waals surface area (Å²) in [4.78, 5) is 22.1. The number of nitrogens with zero attached hydrogens (tertiary/aromatic N) is 3. The number of benzene rings is 2. The summed E-state index contributed by atoms with van der Waals surface area (Å²) >= 11 is 1.58. The lowest BCUT2D eigenvalue weighted by Crippen LogP contribution is -2.34. The van der Waals surface area contributed by atoms with Crippen LogP contribution in [0.15, 0.2) is 42.5 Å². The Morgan fingerprint density at radius 3 is 2.58 bits per heavy atom. The first-order valence-corrected chi connectivity index (χ1v) is 9.67. The molecule has 3 aromatic rings. The van der Waals surface area contributed by atoms with Gasteiger partial charge in [0.25, 0.3) is 5.91 Å². The van der Waals surface area contributed by atoms with Crippen LogP contribution in [0.4, 0.5) is 5.13 Å². The summed E-state index contributed by atoms with van der Waals surface area (Å²) in [6, 6.07) is 14.1. The zero-order chi connectivity index (χ0) is 18.7. The van der Waals surface area contributed by atoms with Crippen molar-refractivity contribution in [1.82, 2.24) is 9.88 Å². The van der Waals surface area contributed by atoms with Gasteiger partial charge in [-0.25, -0.2) is 4.98 Å². The highest BCUT2D eigenvalue weighted by Gasteiger charge is 2.22. The van der Waals surface area contributed by atoms with Crippen molar-refractivity contribution in [1.29, 1.82) is 0 Å². The van der Waals surface area contributed by atoms with Gasteiger partial charge in [-0.05, 0) is 64.7 Å². The smallest absolute Gasteiger partial charge is 0.260 e. The highest BCUT2D eigenvalue weighted by Crippen LogP contribution is 2.30. The Balaban J connectivity index is 1.96. The van der Waals surface area contributed by atoms with Crippen LogP contribution < -0.4 is 4.90 Å². The average molecular weight is 368 g/mol. The van der Waals surface area contributed by atoms with Gasteiger partial charge in [-0.3, -0.25) is 9.69 Å². The standard InChI is InChI=1S/C21H25N3OS/c1-15-10-11-16(2)17(14-15)20(25)24(13-7-12-23(3)4)21-22-18-8-5-6-9-19(18)26-21/h5-6,8-11,14H,7,12-13H2,1-4H3. The fourth-order valence-corrected chi connectivity index (χ4v) is 3.91. The summed E-state index contributed by atoms with van der Waals surface area (Å²) in [6.07, 6.45) is 0.902. The van der Waals surface area contributed by atoms with Gasteiger partial charge in [0.2, 0.25) is 0 Å². The number of anilines is 1. The average Bonchev–Trinajstić information content (AvgIpc) is 3.03. The minimum atomic E-state index is 0.0315. The molecule has 26 heavy (non-hydrogen) atoms. The maximum atomic E-state index is 13.3. The third-order valence-electron chi connectivity index (χ3n) is 4.37. The Morgan fingerprint density at radius 2 is 1.85 bits per heavy atom. The number of hydrogen-bond acceptors (Lipinski definition) is 4. The molecule has 1 aromatic heterocycles. The van der Waals surface area contributed by atoms with E-state index in [1.807, 2.05) is 55.1 Å². The van der Waals surface area contributed by atoms with Crippen molar-refractivity contribution >= 4 is 32.6 Å². The minimum absolute atomic E-state index is 0.0315. The predicted octanol–water partition coefficient (Wildman–Crippen LogP) is 4.51. The first-order valence-electron chi connectivity index (χ1n) is 8.85. The molecule has 0 radical (unpaired) electrons. The second-order valence-corrected chi connectivity index (χ2v) is 7.91. The molecule has 0 unspecified atom stereocenters. The van der Waals surface area contributed by atoms with Gasteiger partial charge in [-0.1, -0.05) is 41.2 Å². The highest BCUT2D eigenvalue weighted by atomic mass is 32.1. The molecule has 0 fully saturated rings. The van der Waals surface area contributed by atoms with Crippen LogP contribution >= 0.6 is 11.3 Å². The zero-order valence-corrected chi connectivity index (χ0v) is 16.6. The third-order valence-corrected chi connectivity index (χ3v) is 5.43. The lowest BCUT2D eigenvalue weighted by molar-refractivity contribution is 0.0985. The number of amides is 1. The summed E-state index contributed by atoms with van der Waals surface area (Å²) in [5, 5.41) is 0.774. The number of para-hydroxylation sites is 1. The van der Waals surface area contributed by atoms with E-state index in [0.717, 1.165) is 45.0 Å². The molecule has 0 aliphatic rings. The van der Waals surface area contributed by atoms with E-state index < -0.39 is 0 Å². The van der Waals surface area contributed by atoms with E-state index in [4.69, 9.17) is 4.98 Å². The van der Waals surface area contributed by atoms with Gasteiger partial charge in [-0.2, -0.15) is 0 Å². The van der Waals surface area contributed by atoms with Gasteiger partial charge >= 0.3 is 0 Å². The van der Waals surface area contributed by atoms with Gasteiger partial charge in [0.05, 0.1) is 10.2 Å². The maximum absolute atomic E-state index is 13.3. The Kier molecular flexibility index (Phi) is 5.69. The van der Waals surface area contributed by atoms with Crippen LogP contribution in [0.25, 0.3) is 10.2 Å². The van der Waals surface area contributed by atoms with Gasteiger partial charge in [0.15, 0.2) is 5.13 Å². The largest absolute Gasteiger partial charge is 0.309 e. The maximum Gasteiger partial charge on any atom is 0.260 e. The van der Waals surface area contributed by atoms with Crippen LogP contribution in [0.1, 0.15) is 27.9 Å². The van der Waals surface area contributed by atoms with E-state index in [0.29, 0.717) is 6.54 Å². The normalized spacial score (nSPS) is 11.3. The second-order valence-electron chi connectivity index (χ2n) is 6.90. The first kappa shape index (κ1) is 18.5. The number of rotatable bonds is 6. The zero-order valence-electron chi connectivity index (χ0n) is 15.8. The lowest BCUT2D eigenvalue weighted by atomic mass is 10.0. The van der Waals surface area contributed by atoms with Crippen molar-refractivity contribution in [3.8, 4) is 0 Å². The van der Waals surface area contributed by atoms with E-state index in [2.05, 4.69) is 25.1 Å². The van der Waals surface area contributed by atoms with Gasteiger partial charge in [0, 0.05) is 12.1 Å². The van der Waals surface area contributed by atoms with E-state index in [9.17, 15) is 4.79 Å². The Hall–Kier alpha value is -2.24. The molecule has 5 heteroatoms. The molecular weight excluding hydrogens is 342 g/mol. The lowest BCUT2D eigenvalue weighted by Gasteiger charge is -2.22. The Labute approximate surface area is 159 Å². The molecule has 0 N–H and O–H groups in total. The van der Waals surface area contributed by atoms with E-state index in [1.54, 1.807) is 11.3 Å². The SMILES string of the molecule is Cc1ccc(C)c(C(=O)N(CCCN(C)C)c2nc3ccccc3s2)c1. The fourth-order valence-electron chi connectivity index (χ4n) is 2.92. The van der Waals surface area contributed by atoms with Crippen molar-refractivity contribution in [3.05, 3.63) is 59.2 Å². The highest BCUT2D eigenvalue weighted by molar-refractivity contribution is 7.22. The molecule has 0 bridgehead atoms. The van der Waals surface area contributed by atoms with Crippen LogP contribution in [0.5, 0.6) is 0 Å². The molecule has 3 rings (SSSR count). The van der Waals surface area contributed by atoms with Crippen molar-refractivity contribution in [2.45, 2.75) is 20.3 Å². The number of thiazole rings is 1. The van der Waals surface area contributed by atoms with Crippen molar-refractivity contribution < 1.29 is 4.79 Å². The summed E-state index contributed by atoms with van der Waals surface area (Å²) < 4.78 is 1.11. The molecule has 0 aliphatic heterocycles. The van der Waals surface area contributed by atoms with Crippen LogP contribution in [-0.2, 0) is 0 Å².